The van der Waals surface area contributed by atoms with Gasteiger partial charge in [-0.15, -0.1) is 0 Å². The summed E-state index contributed by atoms with van der Waals surface area (Å²) in [7, 11) is 1.51. The number of H-pyrrole nitrogens is 1. The van der Waals surface area contributed by atoms with Crippen LogP contribution in [0.15, 0.2) is 52.4 Å². The van der Waals surface area contributed by atoms with Crippen molar-refractivity contribution in [2.45, 2.75) is 13.5 Å². The molecule has 1 heterocycles. The summed E-state index contributed by atoms with van der Waals surface area (Å²) in [6.45, 7) is 1.70. The number of aromatic nitrogens is 3. The minimum Gasteiger partial charge on any atom is -0.493 e. The van der Waals surface area contributed by atoms with Gasteiger partial charge in [-0.25, -0.2) is 14.3 Å². The number of methoxy groups -OCH3 is 1. The van der Waals surface area contributed by atoms with Crippen molar-refractivity contribution < 1.29 is 13.9 Å². The van der Waals surface area contributed by atoms with E-state index >= 15 is 0 Å². The van der Waals surface area contributed by atoms with E-state index in [9.17, 15) is 9.18 Å². The van der Waals surface area contributed by atoms with Crippen molar-refractivity contribution in [3.8, 4) is 11.5 Å². The van der Waals surface area contributed by atoms with Gasteiger partial charge in [0.15, 0.2) is 17.3 Å². The Kier molecular flexibility index (Phi) is 5.95. The number of anilines is 1. The van der Waals surface area contributed by atoms with Crippen LogP contribution in [0.5, 0.6) is 11.5 Å². The molecular formula is C19H18FN5O3. The third-order valence-corrected chi connectivity index (χ3v) is 3.81. The number of hydrogen-bond acceptors (Lipinski definition) is 7. The number of hydrogen-bond donors (Lipinski definition) is 2. The molecule has 9 heteroatoms. The van der Waals surface area contributed by atoms with Gasteiger partial charge in [-0.2, -0.15) is 15.2 Å². The normalized spacial score (nSPS) is 10.8. The smallest absolute Gasteiger partial charge is 0.363 e. The van der Waals surface area contributed by atoms with E-state index < -0.39 is 5.69 Å². The molecule has 0 saturated carbocycles. The molecule has 8 nitrogen and oxygen atoms in total. The van der Waals surface area contributed by atoms with Crippen molar-refractivity contribution in [1.82, 2.24) is 15.2 Å². The van der Waals surface area contributed by atoms with Gasteiger partial charge < -0.3 is 9.47 Å². The lowest BCUT2D eigenvalue weighted by Gasteiger charge is -2.13. The van der Waals surface area contributed by atoms with Gasteiger partial charge in [0.25, 0.3) is 0 Å². The minimum absolute atomic E-state index is 0.0277. The fourth-order valence-corrected chi connectivity index (χ4v) is 2.38. The van der Waals surface area contributed by atoms with Crippen LogP contribution < -0.4 is 20.6 Å². The van der Waals surface area contributed by atoms with Gasteiger partial charge in [0.1, 0.15) is 18.1 Å². The maximum atomic E-state index is 13.8. The molecule has 0 unspecified atom stereocenters. The summed E-state index contributed by atoms with van der Waals surface area (Å²) in [5, 5.41) is 10.1. The number of benzene rings is 2. The highest BCUT2D eigenvalue weighted by atomic mass is 19.1. The lowest BCUT2D eigenvalue weighted by Crippen LogP contribution is -2.15. The van der Waals surface area contributed by atoms with Crippen LogP contribution in [-0.4, -0.2) is 28.5 Å². The van der Waals surface area contributed by atoms with Crippen molar-refractivity contribution in [2.75, 3.05) is 12.5 Å². The van der Waals surface area contributed by atoms with Crippen molar-refractivity contribution >= 4 is 12.0 Å². The quantitative estimate of drug-likeness (QED) is 0.480. The number of hydrazone groups is 1. The lowest BCUT2D eigenvalue weighted by molar-refractivity contribution is 0.279. The highest BCUT2D eigenvalue weighted by Gasteiger charge is 2.11. The van der Waals surface area contributed by atoms with Gasteiger partial charge in [0, 0.05) is 11.1 Å². The second-order valence-corrected chi connectivity index (χ2v) is 5.70. The summed E-state index contributed by atoms with van der Waals surface area (Å²) in [6.07, 6.45) is 1.49. The molecule has 2 aromatic carbocycles. The van der Waals surface area contributed by atoms with Crippen LogP contribution in [0.1, 0.15) is 16.8 Å². The summed E-state index contributed by atoms with van der Waals surface area (Å²) >= 11 is 0. The Morgan fingerprint density at radius 2 is 2.07 bits per heavy atom. The van der Waals surface area contributed by atoms with Gasteiger partial charge in [-0.3, -0.25) is 5.43 Å². The lowest BCUT2D eigenvalue weighted by atomic mass is 10.2. The van der Waals surface area contributed by atoms with Crippen molar-refractivity contribution in [3.63, 3.8) is 0 Å². The van der Waals surface area contributed by atoms with Gasteiger partial charge >= 0.3 is 5.69 Å². The van der Waals surface area contributed by atoms with E-state index in [1.165, 1.54) is 19.4 Å². The number of aromatic amines is 1. The molecule has 3 aromatic rings. The zero-order valence-corrected chi connectivity index (χ0v) is 15.3. The fourth-order valence-electron chi connectivity index (χ4n) is 2.38. The highest BCUT2D eigenvalue weighted by molar-refractivity contribution is 5.85. The average molecular weight is 383 g/mol. The number of nitrogens with one attached hydrogen (secondary N) is 2. The number of aryl methyl sites for hydroxylation is 1. The molecule has 0 fully saturated rings. The number of halogens is 1. The van der Waals surface area contributed by atoms with E-state index in [0.29, 0.717) is 28.3 Å². The first-order valence-corrected chi connectivity index (χ1v) is 8.34. The first-order chi connectivity index (χ1) is 13.6. The second kappa shape index (κ2) is 8.76. The SMILES string of the molecule is COc1cccc(C=NNc2nc(=O)[nH]nc2C)c1OCc1ccccc1F. The van der Waals surface area contributed by atoms with Crippen LogP contribution in [0.2, 0.25) is 0 Å². The van der Waals surface area contributed by atoms with E-state index in [0.717, 1.165) is 0 Å². The molecule has 0 aliphatic rings. The molecule has 2 N–H and O–H groups in total. The Balaban J connectivity index is 1.81. The monoisotopic (exact) mass is 383 g/mol. The first-order valence-electron chi connectivity index (χ1n) is 8.34. The molecule has 0 aliphatic carbocycles. The van der Waals surface area contributed by atoms with Crippen LogP contribution in [0.3, 0.4) is 0 Å². The van der Waals surface area contributed by atoms with Crippen LogP contribution in [0, 0.1) is 12.7 Å². The maximum Gasteiger partial charge on any atom is 0.363 e. The topological polar surface area (TPSA) is 101 Å². The maximum absolute atomic E-state index is 13.8. The van der Waals surface area contributed by atoms with Crippen LogP contribution in [-0.2, 0) is 6.61 Å². The number of para-hydroxylation sites is 1. The highest BCUT2D eigenvalue weighted by Crippen LogP contribution is 2.31. The second-order valence-electron chi connectivity index (χ2n) is 5.70. The Labute approximate surface area is 160 Å². The predicted molar refractivity (Wildman–Crippen MR) is 102 cm³/mol. The van der Waals surface area contributed by atoms with E-state index in [2.05, 4.69) is 25.7 Å². The Hall–Kier alpha value is -3.75. The molecule has 0 bridgehead atoms. The van der Waals surface area contributed by atoms with E-state index in [4.69, 9.17) is 9.47 Å². The summed E-state index contributed by atoms with van der Waals surface area (Å²) in [6, 6.07) is 11.6. The van der Waals surface area contributed by atoms with Crippen LogP contribution >= 0.6 is 0 Å². The molecule has 0 atom stereocenters. The summed E-state index contributed by atoms with van der Waals surface area (Å²) in [5.74, 6) is 0.772. The zero-order valence-electron chi connectivity index (χ0n) is 15.3. The van der Waals surface area contributed by atoms with E-state index in [1.54, 1.807) is 43.3 Å². The summed E-state index contributed by atoms with van der Waals surface area (Å²) < 4.78 is 25.0. The molecule has 28 heavy (non-hydrogen) atoms. The van der Waals surface area contributed by atoms with Crippen molar-refractivity contribution in [1.29, 1.82) is 0 Å². The third-order valence-electron chi connectivity index (χ3n) is 3.81. The van der Waals surface area contributed by atoms with Gasteiger partial charge in [-0.1, -0.05) is 24.3 Å². The standard InChI is InChI=1S/C19H18FN5O3/c1-12-18(22-19(26)25-23-12)24-21-10-13-7-5-9-16(27-2)17(13)28-11-14-6-3-4-8-15(14)20/h3-10H,11H2,1-2H3,(H2,22,24,25,26). The first kappa shape index (κ1) is 19.0. The Morgan fingerprint density at radius 3 is 2.86 bits per heavy atom. The molecule has 1 aromatic heterocycles. The number of ether oxygens (including phenoxy) is 2. The molecule has 0 saturated heterocycles. The van der Waals surface area contributed by atoms with Gasteiger partial charge in [0.05, 0.1) is 13.3 Å². The molecule has 0 radical (unpaired) electrons. The molecule has 0 spiro atoms. The minimum atomic E-state index is -0.585. The summed E-state index contributed by atoms with van der Waals surface area (Å²) in [5.41, 5.74) is 3.59. The number of nitrogens with zero attached hydrogens (tertiary/aromatic N) is 3. The van der Waals surface area contributed by atoms with Gasteiger partial charge in [0.2, 0.25) is 0 Å². The predicted octanol–water partition coefficient (Wildman–Crippen LogP) is 2.65. The van der Waals surface area contributed by atoms with Gasteiger partial charge in [-0.05, 0) is 25.1 Å². The van der Waals surface area contributed by atoms with Crippen molar-refractivity contribution in [2.24, 2.45) is 5.10 Å². The average Bonchev–Trinajstić information content (AvgIpc) is 2.70. The molecule has 0 aliphatic heterocycles. The number of rotatable bonds is 7. The van der Waals surface area contributed by atoms with E-state index in [-0.39, 0.29) is 18.2 Å². The van der Waals surface area contributed by atoms with Crippen LogP contribution in [0.4, 0.5) is 10.2 Å². The molecular weight excluding hydrogens is 365 g/mol. The Morgan fingerprint density at radius 1 is 1.25 bits per heavy atom. The molecule has 144 valence electrons. The molecule has 3 rings (SSSR count). The zero-order chi connectivity index (χ0) is 19.9. The molecule has 0 amide bonds. The third kappa shape index (κ3) is 4.50. The fraction of sp³-hybridized carbons (Fsp3) is 0.158. The summed E-state index contributed by atoms with van der Waals surface area (Å²) in [4.78, 5) is 15.0. The van der Waals surface area contributed by atoms with Crippen LogP contribution in [0.25, 0.3) is 0 Å². The van der Waals surface area contributed by atoms with E-state index in [1.807, 2.05) is 0 Å². The van der Waals surface area contributed by atoms with Crippen molar-refractivity contribution in [3.05, 3.63) is 75.6 Å². The largest absolute Gasteiger partial charge is 0.493 e. The Bertz CT molecular complexity index is 1050.